The summed E-state index contributed by atoms with van der Waals surface area (Å²) >= 11 is 0. The number of hydrogen-bond donors (Lipinski definition) is 3. The molecule has 5 aromatic rings. The summed E-state index contributed by atoms with van der Waals surface area (Å²) in [5, 5.41) is 31.1. The number of aryl methyl sites for hydroxylation is 1. The van der Waals surface area contributed by atoms with Gasteiger partial charge in [-0.25, -0.2) is 0 Å². The van der Waals surface area contributed by atoms with Crippen LogP contribution in [0.4, 0.5) is 0 Å². The van der Waals surface area contributed by atoms with Gasteiger partial charge in [0.15, 0.2) is 0 Å². The highest BCUT2D eigenvalue weighted by molar-refractivity contribution is 5.92. The number of nitrogens with zero attached hydrogens (tertiary/aromatic N) is 7. The second-order valence-corrected chi connectivity index (χ2v) is 9.56. The largest absolute Gasteiger partial charge is 0.481 e. The topological polar surface area (TPSA) is 164 Å². The van der Waals surface area contributed by atoms with E-state index in [9.17, 15) is 14.7 Å². The van der Waals surface area contributed by atoms with E-state index in [4.69, 9.17) is 0 Å². The first-order valence-corrected chi connectivity index (χ1v) is 13.3. The number of hydrogen-bond acceptors (Lipinski definition) is 8. The van der Waals surface area contributed by atoms with Crippen LogP contribution in [0.2, 0.25) is 0 Å². The second kappa shape index (κ2) is 12.7. The fourth-order valence-corrected chi connectivity index (χ4v) is 4.61. The third kappa shape index (κ3) is 6.85. The van der Waals surface area contributed by atoms with E-state index in [-0.39, 0.29) is 12.1 Å². The molecule has 12 heteroatoms. The molecule has 2 aromatic carbocycles. The molecule has 208 valence electrons. The zero-order valence-corrected chi connectivity index (χ0v) is 22.4. The average Bonchev–Trinajstić information content (AvgIpc) is 3.65. The summed E-state index contributed by atoms with van der Waals surface area (Å²) in [5.74, 6) is -0.930. The highest BCUT2D eigenvalue weighted by Gasteiger charge is 2.21. The number of aromatic nitrogens is 8. The van der Waals surface area contributed by atoms with Crippen LogP contribution in [0, 0.1) is 0 Å². The van der Waals surface area contributed by atoms with Crippen LogP contribution in [0.3, 0.4) is 0 Å². The molecule has 3 aromatic heterocycles. The number of rotatable bonds is 12. The molecule has 0 saturated heterocycles. The molecule has 0 fully saturated rings. The minimum atomic E-state index is -0.981. The van der Waals surface area contributed by atoms with Crippen molar-refractivity contribution in [2.45, 2.75) is 45.2 Å². The summed E-state index contributed by atoms with van der Waals surface area (Å²) in [6.07, 6.45) is 5.15. The number of carbonyl (C=O) groups excluding carboxylic acids is 1. The van der Waals surface area contributed by atoms with Crippen molar-refractivity contribution < 1.29 is 14.7 Å². The van der Waals surface area contributed by atoms with Gasteiger partial charge in [-0.15, -0.1) is 10.2 Å². The lowest BCUT2D eigenvalue weighted by molar-refractivity contribution is -0.137. The Bertz CT molecular complexity index is 1600. The number of nitrogens with one attached hydrogen (secondary N) is 2. The summed E-state index contributed by atoms with van der Waals surface area (Å²) in [7, 11) is 0. The van der Waals surface area contributed by atoms with Crippen molar-refractivity contribution >= 4 is 11.9 Å². The Morgan fingerprint density at radius 1 is 1.02 bits per heavy atom. The van der Waals surface area contributed by atoms with E-state index >= 15 is 0 Å². The van der Waals surface area contributed by atoms with Gasteiger partial charge in [0.2, 0.25) is 5.82 Å². The molecule has 0 saturated carbocycles. The number of amides is 1. The lowest BCUT2D eigenvalue weighted by Crippen LogP contribution is -2.38. The Balaban J connectivity index is 1.33. The zero-order chi connectivity index (χ0) is 28.6. The average molecular weight is 552 g/mol. The van der Waals surface area contributed by atoms with Gasteiger partial charge in [-0.2, -0.15) is 10.3 Å². The molecule has 0 aliphatic carbocycles. The smallest absolute Gasteiger partial charge is 0.305 e. The number of carboxylic acid groups (broad SMARTS) is 1. The standard InChI is InChI=1S/C29H29N9O3/c1-2-8-22-15-25(29(41)32-20(14-27(39)40)13-19-9-4-3-5-10-19)35-38(22)18-21-16-31-26(17-30-21)23-11-6-7-12-24(23)28-33-36-37-34-28/h3-7,9-12,15-17,20H,2,8,13-14,18H2,1H3,(H,32,41)(H,39,40)(H,33,34,36,37). The number of aliphatic carboxylic acids is 1. The van der Waals surface area contributed by atoms with Gasteiger partial charge in [0.1, 0.15) is 5.69 Å². The van der Waals surface area contributed by atoms with E-state index in [0.717, 1.165) is 28.8 Å². The van der Waals surface area contributed by atoms with Crippen LogP contribution in [0.25, 0.3) is 22.6 Å². The van der Waals surface area contributed by atoms with E-state index in [2.05, 4.69) is 47.9 Å². The lowest BCUT2D eigenvalue weighted by Gasteiger charge is -2.16. The summed E-state index contributed by atoms with van der Waals surface area (Å²) in [4.78, 5) is 33.8. The number of benzene rings is 2. The molecule has 1 unspecified atom stereocenters. The highest BCUT2D eigenvalue weighted by Crippen LogP contribution is 2.27. The molecule has 0 aliphatic heterocycles. The predicted molar refractivity (Wildman–Crippen MR) is 150 cm³/mol. The van der Waals surface area contributed by atoms with Crippen molar-refractivity contribution in [3.05, 3.63) is 95.7 Å². The molecular formula is C29H29N9O3. The summed E-state index contributed by atoms with van der Waals surface area (Å²) < 4.78 is 1.75. The fourth-order valence-electron chi connectivity index (χ4n) is 4.61. The summed E-state index contributed by atoms with van der Waals surface area (Å²) in [6, 6.07) is 18.3. The molecule has 41 heavy (non-hydrogen) atoms. The Labute approximate surface area is 235 Å². The van der Waals surface area contributed by atoms with Crippen LogP contribution in [-0.2, 0) is 24.2 Å². The van der Waals surface area contributed by atoms with Crippen molar-refractivity contribution in [3.8, 4) is 22.6 Å². The molecule has 5 rings (SSSR count). The van der Waals surface area contributed by atoms with Crippen molar-refractivity contribution in [1.82, 2.24) is 45.7 Å². The highest BCUT2D eigenvalue weighted by atomic mass is 16.4. The first-order valence-electron chi connectivity index (χ1n) is 13.3. The molecule has 0 aliphatic rings. The second-order valence-electron chi connectivity index (χ2n) is 9.56. The normalized spacial score (nSPS) is 11.7. The van der Waals surface area contributed by atoms with Crippen molar-refractivity contribution in [2.75, 3.05) is 0 Å². The molecule has 0 spiro atoms. The molecule has 3 N–H and O–H groups in total. The molecule has 12 nitrogen and oxygen atoms in total. The van der Waals surface area contributed by atoms with Crippen LogP contribution < -0.4 is 5.32 Å². The summed E-state index contributed by atoms with van der Waals surface area (Å²) in [5.41, 5.74) is 4.99. The maximum absolute atomic E-state index is 13.2. The van der Waals surface area contributed by atoms with Crippen LogP contribution in [0.15, 0.2) is 73.1 Å². The fraction of sp³-hybridized carbons (Fsp3) is 0.241. The number of tetrazole rings is 1. The SMILES string of the molecule is CCCc1cc(C(=O)NC(CC(=O)O)Cc2ccccc2)nn1Cc1cnc(-c2ccccc2-c2nn[nH]n2)cn1. The first kappa shape index (κ1) is 27.3. The first-order chi connectivity index (χ1) is 20.0. The Morgan fingerprint density at radius 3 is 2.49 bits per heavy atom. The van der Waals surface area contributed by atoms with Gasteiger partial charge in [0, 0.05) is 22.9 Å². The molecular weight excluding hydrogens is 522 g/mol. The molecule has 0 radical (unpaired) electrons. The summed E-state index contributed by atoms with van der Waals surface area (Å²) in [6.45, 7) is 2.38. The van der Waals surface area contributed by atoms with Crippen molar-refractivity contribution in [1.29, 1.82) is 0 Å². The zero-order valence-electron chi connectivity index (χ0n) is 22.4. The van der Waals surface area contributed by atoms with E-state index < -0.39 is 17.9 Å². The molecule has 1 amide bonds. The van der Waals surface area contributed by atoms with Gasteiger partial charge in [-0.05, 0) is 29.7 Å². The Kier molecular flexibility index (Phi) is 8.48. The molecule has 3 heterocycles. The number of carboxylic acids is 1. The quantitative estimate of drug-likeness (QED) is 0.211. The van der Waals surface area contributed by atoms with Gasteiger partial charge in [0.25, 0.3) is 5.91 Å². The monoisotopic (exact) mass is 551 g/mol. The third-order valence-electron chi connectivity index (χ3n) is 6.49. The van der Waals surface area contributed by atoms with E-state index in [1.807, 2.05) is 54.6 Å². The van der Waals surface area contributed by atoms with Crippen LogP contribution in [-0.4, -0.2) is 63.4 Å². The maximum atomic E-state index is 13.2. The maximum Gasteiger partial charge on any atom is 0.305 e. The van der Waals surface area contributed by atoms with Crippen molar-refractivity contribution in [2.24, 2.45) is 0 Å². The number of H-pyrrole nitrogens is 1. The van der Waals surface area contributed by atoms with Gasteiger partial charge in [0.05, 0.1) is 36.7 Å². The number of aromatic amines is 1. The van der Waals surface area contributed by atoms with Gasteiger partial charge in [-0.3, -0.25) is 24.2 Å². The minimum absolute atomic E-state index is 0.194. The van der Waals surface area contributed by atoms with Gasteiger partial charge in [-0.1, -0.05) is 67.9 Å². The predicted octanol–water partition coefficient (Wildman–Crippen LogP) is 3.34. The molecule has 0 bridgehead atoms. The Hall–Kier alpha value is -5.26. The van der Waals surface area contributed by atoms with E-state index in [1.54, 1.807) is 23.1 Å². The third-order valence-corrected chi connectivity index (χ3v) is 6.49. The minimum Gasteiger partial charge on any atom is -0.481 e. The Morgan fingerprint density at radius 2 is 1.80 bits per heavy atom. The molecule has 1 atom stereocenters. The van der Waals surface area contributed by atoms with Crippen LogP contribution >= 0.6 is 0 Å². The number of carbonyl (C=O) groups is 2. The van der Waals surface area contributed by atoms with E-state index in [1.165, 1.54) is 0 Å². The van der Waals surface area contributed by atoms with Crippen molar-refractivity contribution in [3.63, 3.8) is 0 Å². The lowest BCUT2D eigenvalue weighted by atomic mass is 10.0. The van der Waals surface area contributed by atoms with E-state index in [0.29, 0.717) is 36.6 Å². The van der Waals surface area contributed by atoms with Gasteiger partial charge < -0.3 is 10.4 Å². The van der Waals surface area contributed by atoms with Crippen LogP contribution in [0.5, 0.6) is 0 Å². The van der Waals surface area contributed by atoms with Gasteiger partial charge >= 0.3 is 5.97 Å². The van der Waals surface area contributed by atoms with Crippen LogP contribution in [0.1, 0.15) is 47.2 Å².